The summed E-state index contributed by atoms with van der Waals surface area (Å²) in [5.74, 6) is 0.790. The number of aromatic nitrogens is 2. The summed E-state index contributed by atoms with van der Waals surface area (Å²) >= 11 is 3.46. The lowest BCUT2D eigenvalue weighted by atomic mass is 10.2. The first-order chi connectivity index (χ1) is 11.7. The fourth-order valence-electron chi connectivity index (χ4n) is 2.84. The molecule has 0 aliphatic carbocycles. The van der Waals surface area contributed by atoms with Gasteiger partial charge in [0.2, 0.25) is 0 Å². The number of hydrogen-bond acceptors (Lipinski definition) is 5. The van der Waals surface area contributed by atoms with E-state index in [-0.39, 0.29) is 0 Å². The van der Waals surface area contributed by atoms with Gasteiger partial charge in [-0.1, -0.05) is 28.1 Å². The average molecular weight is 391 g/mol. The molecule has 128 valence electrons. The SMILES string of the molecule is COCCN1CCN(Cc2ccnc(-c3ccc(Br)cc3)n2)CC1. The highest BCUT2D eigenvalue weighted by Crippen LogP contribution is 2.18. The zero-order valence-electron chi connectivity index (χ0n) is 14.0. The van der Waals surface area contributed by atoms with Crippen LogP contribution in [0, 0.1) is 0 Å². The van der Waals surface area contributed by atoms with E-state index in [9.17, 15) is 0 Å². The molecule has 2 heterocycles. The molecule has 1 aliphatic heterocycles. The van der Waals surface area contributed by atoms with Crippen molar-refractivity contribution in [2.75, 3.05) is 46.4 Å². The van der Waals surface area contributed by atoms with Crippen molar-refractivity contribution in [3.8, 4) is 11.4 Å². The third-order valence-corrected chi connectivity index (χ3v) is 4.81. The van der Waals surface area contributed by atoms with Crippen LogP contribution in [-0.4, -0.2) is 66.2 Å². The predicted octanol–water partition coefficient (Wildman–Crippen LogP) is 2.67. The molecule has 0 saturated carbocycles. The molecule has 0 atom stereocenters. The molecule has 0 unspecified atom stereocenters. The molecular weight excluding hydrogens is 368 g/mol. The van der Waals surface area contributed by atoms with Crippen LogP contribution in [0.3, 0.4) is 0 Å². The van der Waals surface area contributed by atoms with Crippen LogP contribution < -0.4 is 0 Å². The zero-order valence-corrected chi connectivity index (χ0v) is 15.6. The quantitative estimate of drug-likeness (QED) is 0.758. The molecule has 1 aromatic carbocycles. The number of rotatable bonds is 6. The second kappa shape index (κ2) is 8.67. The Morgan fingerprint density at radius 2 is 1.75 bits per heavy atom. The molecule has 6 heteroatoms. The van der Waals surface area contributed by atoms with Gasteiger partial charge in [0.1, 0.15) is 0 Å². The summed E-state index contributed by atoms with van der Waals surface area (Å²) in [6, 6.07) is 10.1. The number of ether oxygens (including phenoxy) is 1. The standard InChI is InChI=1S/C18H23BrN4O/c1-24-13-12-22-8-10-23(11-9-22)14-17-6-7-20-18(21-17)15-2-4-16(19)5-3-15/h2-7H,8-14H2,1H3. The second-order valence-corrected chi connectivity index (χ2v) is 6.90. The Bertz CT molecular complexity index is 642. The van der Waals surface area contributed by atoms with Crippen LogP contribution in [0.4, 0.5) is 0 Å². The monoisotopic (exact) mass is 390 g/mol. The molecular formula is C18H23BrN4O. The van der Waals surface area contributed by atoms with Crippen molar-refractivity contribution in [3.05, 3.63) is 46.7 Å². The Morgan fingerprint density at radius 1 is 1.04 bits per heavy atom. The number of nitrogens with zero attached hydrogens (tertiary/aromatic N) is 4. The largest absolute Gasteiger partial charge is 0.383 e. The van der Waals surface area contributed by atoms with Gasteiger partial charge in [0, 0.05) is 62.6 Å². The van der Waals surface area contributed by atoms with Gasteiger partial charge in [0.05, 0.1) is 12.3 Å². The zero-order chi connectivity index (χ0) is 16.8. The number of hydrogen-bond donors (Lipinski definition) is 0. The van der Waals surface area contributed by atoms with Gasteiger partial charge in [-0.25, -0.2) is 9.97 Å². The topological polar surface area (TPSA) is 41.5 Å². The first-order valence-corrected chi connectivity index (χ1v) is 9.05. The van der Waals surface area contributed by atoms with Crippen LogP contribution in [0.2, 0.25) is 0 Å². The molecule has 0 radical (unpaired) electrons. The summed E-state index contributed by atoms with van der Waals surface area (Å²) in [6.07, 6.45) is 1.86. The molecule has 0 bridgehead atoms. The maximum atomic E-state index is 5.15. The van der Waals surface area contributed by atoms with Gasteiger partial charge >= 0.3 is 0 Å². The summed E-state index contributed by atoms with van der Waals surface area (Å²) in [5.41, 5.74) is 2.12. The Balaban J connectivity index is 1.58. The van der Waals surface area contributed by atoms with Crippen LogP contribution in [0.1, 0.15) is 5.69 Å². The van der Waals surface area contributed by atoms with Crippen molar-refractivity contribution >= 4 is 15.9 Å². The van der Waals surface area contributed by atoms with E-state index in [1.807, 2.05) is 36.5 Å². The third kappa shape index (κ3) is 4.83. The first kappa shape index (κ1) is 17.5. The molecule has 1 fully saturated rings. The summed E-state index contributed by atoms with van der Waals surface area (Å²) in [5, 5.41) is 0. The van der Waals surface area contributed by atoms with Crippen molar-refractivity contribution in [2.45, 2.75) is 6.54 Å². The number of piperazine rings is 1. The van der Waals surface area contributed by atoms with E-state index in [4.69, 9.17) is 9.72 Å². The van der Waals surface area contributed by atoms with E-state index >= 15 is 0 Å². The lowest BCUT2D eigenvalue weighted by molar-refractivity contribution is 0.0932. The van der Waals surface area contributed by atoms with Crippen molar-refractivity contribution in [1.29, 1.82) is 0 Å². The highest BCUT2D eigenvalue weighted by molar-refractivity contribution is 9.10. The van der Waals surface area contributed by atoms with Gasteiger partial charge in [-0.15, -0.1) is 0 Å². The van der Waals surface area contributed by atoms with Crippen LogP contribution in [0.25, 0.3) is 11.4 Å². The minimum absolute atomic E-state index is 0.790. The van der Waals surface area contributed by atoms with Crippen molar-refractivity contribution in [1.82, 2.24) is 19.8 Å². The predicted molar refractivity (Wildman–Crippen MR) is 98.8 cm³/mol. The van der Waals surface area contributed by atoms with Crippen LogP contribution in [-0.2, 0) is 11.3 Å². The Kier molecular flexibility index (Phi) is 6.31. The first-order valence-electron chi connectivity index (χ1n) is 8.26. The minimum Gasteiger partial charge on any atom is -0.383 e. The average Bonchev–Trinajstić information content (AvgIpc) is 2.62. The molecule has 1 aromatic heterocycles. The molecule has 0 amide bonds. The summed E-state index contributed by atoms with van der Waals surface area (Å²) in [4.78, 5) is 14.1. The Hall–Kier alpha value is -1.34. The molecule has 1 saturated heterocycles. The van der Waals surface area contributed by atoms with E-state index in [1.54, 1.807) is 7.11 Å². The van der Waals surface area contributed by atoms with E-state index in [2.05, 4.69) is 30.7 Å². The highest BCUT2D eigenvalue weighted by Gasteiger charge is 2.17. The van der Waals surface area contributed by atoms with E-state index in [0.717, 1.165) is 67.4 Å². The molecule has 1 aliphatic rings. The normalized spacial score (nSPS) is 16.4. The van der Waals surface area contributed by atoms with Gasteiger partial charge in [0.25, 0.3) is 0 Å². The van der Waals surface area contributed by atoms with E-state index in [1.165, 1.54) is 0 Å². The van der Waals surface area contributed by atoms with Crippen molar-refractivity contribution < 1.29 is 4.74 Å². The van der Waals surface area contributed by atoms with Crippen molar-refractivity contribution in [3.63, 3.8) is 0 Å². The van der Waals surface area contributed by atoms with Gasteiger partial charge in [0.15, 0.2) is 5.82 Å². The van der Waals surface area contributed by atoms with Crippen LogP contribution >= 0.6 is 15.9 Å². The van der Waals surface area contributed by atoms with E-state index in [0.29, 0.717) is 0 Å². The third-order valence-electron chi connectivity index (χ3n) is 4.28. The van der Waals surface area contributed by atoms with Gasteiger partial charge in [-0.3, -0.25) is 9.80 Å². The smallest absolute Gasteiger partial charge is 0.159 e. The molecule has 3 rings (SSSR count). The lowest BCUT2D eigenvalue weighted by Crippen LogP contribution is -2.46. The maximum absolute atomic E-state index is 5.15. The summed E-state index contributed by atoms with van der Waals surface area (Å²) < 4.78 is 6.22. The van der Waals surface area contributed by atoms with Gasteiger partial charge < -0.3 is 4.74 Å². The Morgan fingerprint density at radius 3 is 2.46 bits per heavy atom. The van der Waals surface area contributed by atoms with Crippen molar-refractivity contribution in [2.24, 2.45) is 0 Å². The fraction of sp³-hybridized carbons (Fsp3) is 0.444. The van der Waals surface area contributed by atoms with E-state index < -0.39 is 0 Å². The number of halogens is 1. The van der Waals surface area contributed by atoms with Crippen LogP contribution in [0.15, 0.2) is 41.0 Å². The molecule has 5 nitrogen and oxygen atoms in total. The van der Waals surface area contributed by atoms with Gasteiger partial charge in [-0.2, -0.15) is 0 Å². The summed E-state index contributed by atoms with van der Waals surface area (Å²) in [7, 11) is 1.76. The molecule has 0 N–H and O–H groups in total. The lowest BCUT2D eigenvalue weighted by Gasteiger charge is -2.34. The minimum atomic E-state index is 0.790. The number of benzene rings is 1. The van der Waals surface area contributed by atoms with Gasteiger partial charge in [-0.05, 0) is 18.2 Å². The highest BCUT2D eigenvalue weighted by atomic mass is 79.9. The second-order valence-electron chi connectivity index (χ2n) is 5.99. The Labute approximate surface area is 151 Å². The maximum Gasteiger partial charge on any atom is 0.159 e. The molecule has 2 aromatic rings. The number of methoxy groups -OCH3 is 1. The molecule has 24 heavy (non-hydrogen) atoms. The van der Waals surface area contributed by atoms with Crippen LogP contribution in [0.5, 0.6) is 0 Å². The summed E-state index contributed by atoms with van der Waals surface area (Å²) in [6.45, 7) is 7.03. The molecule has 0 spiro atoms. The fourth-order valence-corrected chi connectivity index (χ4v) is 3.11.